The first kappa shape index (κ1) is 14.2. The van der Waals surface area contributed by atoms with E-state index in [1.165, 1.54) is 11.4 Å². The summed E-state index contributed by atoms with van der Waals surface area (Å²) in [4.78, 5) is 16.3. The molecule has 0 amide bonds. The first-order valence-electron chi connectivity index (χ1n) is 8.56. The van der Waals surface area contributed by atoms with Crippen LogP contribution in [0.5, 0.6) is 0 Å². The minimum Gasteiger partial charge on any atom is -0.362 e. The highest BCUT2D eigenvalue weighted by Gasteiger charge is 2.14. The molecule has 0 spiro atoms. The molecule has 4 nitrogen and oxygen atoms in total. The minimum atomic E-state index is 0.456. The van der Waals surface area contributed by atoms with Gasteiger partial charge in [-0.15, -0.1) is 0 Å². The van der Waals surface area contributed by atoms with E-state index in [0.29, 0.717) is 5.92 Å². The average molecular weight is 326 g/mol. The predicted molar refractivity (Wildman–Crippen MR) is 102 cm³/mol. The zero-order chi connectivity index (χ0) is 16.8. The molecule has 0 fully saturated rings. The van der Waals surface area contributed by atoms with Crippen molar-refractivity contribution in [2.75, 3.05) is 0 Å². The van der Waals surface area contributed by atoms with Crippen LogP contribution in [0.4, 0.5) is 0 Å². The molecule has 0 aliphatic carbocycles. The average Bonchev–Trinajstić information content (AvgIpc) is 3.33. The maximum Gasteiger partial charge on any atom is 0.0658 e. The molecule has 1 unspecified atom stereocenters. The molecule has 0 saturated heterocycles. The normalized spacial score (nSPS) is 16.9. The Balaban J connectivity index is 1.82. The Hall–Kier alpha value is -3.14. The summed E-state index contributed by atoms with van der Waals surface area (Å²) in [5.41, 5.74) is 8.39. The summed E-state index contributed by atoms with van der Waals surface area (Å²) in [6.07, 6.45) is 9.22. The predicted octanol–water partition coefficient (Wildman–Crippen LogP) is 4.72. The second-order valence-electron chi connectivity index (χ2n) is 6.75. The zero-order valence-electron chi connectivity index (χ0n) is 14.0. The second kappa shape index (κ2) is 5.45. The highest BCUT2D eigenvalue weighted by atomic mass is 14.8. The maximum absolute atomic E-state index is 4.70. The largest absolute Gasteiger partial charge is 0.362 e. The molecule has 122 valence electrons. The Kier molecular flexibility index (Phi) is 3.10. The van der Waals surface area contributed by atoms with Gasteiger partial charge >= 0.3 is 0 Å². The molecule has 2 N–H and O–H groups in total. The van der Waals surface area contributed by atoms with Gasteiger partial charge in [0.15, 0.2) is 0 Å². The van der Waals surface area contributed by atoms with Crippen molar-refractivity contribution in [1.29, 1.82) is 0 Å². The van der Waals surface area contributed by atoms with Gasteiger partial charge in [-0.3, -0.25) is 0 Å². The minimum absolute atomic E-state index is 0.456. The van der Waals surface area contributed by atoms with E-state index in [2.05, 4.69) is 77.6 Å². The summed E-state index contributed by atoms with van der Waals surface area (Å²) in [5.74, 6) is 0.456. The molecule has 2 aromatic heterocycles. The first-order chi connectivity index (χ1) is 12.2. The first-order valence-corrected chi connectivity index (χ1v) is 8.56. The number of nitrogens with one attached hydrogen (secondary N) is 2. The van der Waals surface area contributed by atoms with Crippen LogP contribution in [-0.2, 0) is 6.42 Å². The summed E-state index contributed by atoms with van der Waals surface area (Å²) in [5, 5.41) is 0. The van der Waals surface area contributed by atoms with Gasteiger partial charge in [0.25, 0.3) is 0 Å². The van der Waals surface area contributed by atoms with Gasteiger partial charge in [-0.2, -0.15) is 0 Å². The Bertz CT molecular complexity index is 1100. The van der Waals surface area contributed by atoms with Gasteiger partial charge in [-0.25, -0.2) is 9.97 Å². The molecule has 2 aromatic rings. The van der Waals surface area contributed by atoms with E-state index in [0.717, 1.165) is 40.2 Å². The fourth-order valence-electron chi connectivity index (χ4n) is 3.44. The number of H-pyrrole nitrogens is 2. The summed E-state index contributed by atoms with van der Waals surface area (Å²) < 4.78 is 0. The van der Waals surface area contributed by atoms with Gasteiger partial charge in [0.1, 0.15) is 0 Å². The number of hydrogen-bond donors (Lipinski definition) is 2. The van der Waals surface area contributed by atoms with Crippen LogP contribution in [0.1, 0.15) is 47.0 Å². The molecule has 0 saturated carbocycles. The van der Waals surface area contributed by atoms with Crippen molar-refractivity contribution in [3.8, 4) is 0 Å². The standard InChI is InChI=1S/C21H18N4/c1-13-8-20-11-18-5-4-16(23-18)9-14-2-3-15(22-14)10-17-6-7-19(24-17)12-21(13)25-20/h2-7,9-13,22,25H,8H2,1H3. The van der Waals surface area contributed by atoms with E-state index >= 15 is 0 Å². The molecule has 0 aromatic carbocycles. The Morgan fingerprint density at radius 3 is 1.96 bits per heavy atom. The van der Waals surface area contributed by atoms with E-state index in [1.54, 1.807) is 0 Å². The van der Waals surface area contributed by atoms with Crippen LogP contribution in [0.3, 0.4) is 0 Å². The fraction of sp³-hybridized carbons (Fsp3) is 0.143. The third-order valence-corrected chi connectivity index (χ3v) is 4.69. The van der Waals surface area contributed by atoms with Crippen LogP contribution < -0.4 is 0 Å². The lowest BCUT2D eigenvalue weighted by molar-refractivity contribution is 0.795. The lowest BCUT2D eigenvalue weighted by Gasteiger charge is -1.98. The van der Waals surface area contributed by atoms with Gasteiger partial charge in [0, 0.05) is 28.3 Å². The summed E-state index contributed by atoms with van der Waals surface area (Å²) >= 11 is 0. The summed E-state index contributed by atoms with van der Waals surface area (Å²) in [6.45, 7) is 2.24. The molecular formula is C21H18N4. The lowest BCUT2D eigenvalue weighted by Crippen LogP contribution is -1.89. The maximum atomic E-state index is 4.70. The van der Waals surface area contributed by atoms with Crippen LogP contribution >= 0.6 is 0 Å². The molecule has 4 heteroatoms. The van der Waals surface area contributed by atoms with Gasteiger partial charge in [0.2, 0.25) is 0 Å². The molecule has 0 radical (unpaired) electrons. The highest BCUT2D eigenvalue weighted by Crippen LogP contribution is 2.25. The van der Waals surface area contributed by atoms with Crippen molar-refractivity contribution < 1.29 is 0 Å². The molecule has 1 atom stereocenters. The Labute approximate surface area is 145 Å². The SMILES string of the molecule is CC1Cc2cc3nc(cc4ccc(cc5nc(cc1[nH]2)C=C5)[nH]4)C=C3. The number of aromatic amines is 2. The topological polar surface area (TPSA) is 57.4 Å². The number of nitrogens with zero attached hydrogens (tertiary/aromatic N) is 2. The van der Waals surface area contributed by atoms with Crippen molar-refractivity contribution in [1.82, 2.24) is 19.9 Å². The van der Waals surface area contributed by atoms with Crippen molar-refractivity contribution in [3.63, 3.8) is 0 Å². The number of fused-ring (bicyclic) bond motifs is 8. The lowest BCUT2D eigenvalue weighted by atomic mass is 10.1. The van der Waals surface area contributed by atoms with Crippen LogP contribution in [-0.4, -0.2) is 19.9 Å². The van der Waals surface area contributed by atoms with Gasteiger partial charge in [-0.05, 0) is 67.1 Å². The molecule has 3 aliphatic heterocycles. The van der Waals surface area contributed by atoms with Crippen molar-refractivity contribution in [3.05, 3.63) is 70.6 Å². The highest BCUT2D eigenvalue weighted by molar-refractivity contribution is 5.75. The van der Waals surface area contributed by atoms with Crippen LogP contribution in [0, 0.1) is 0 Å². The smallest absolute Gasteiger partial charge is 0.0658 e. The van der Waals surface area contributed by atoms with Gasteiger partial charge in [-0.1, -0.05) is 6.92 Å². The molecule has 8 bridgehead atoms. The van der Waals surface area contributed by atoms with Gasteiger partial charge in [0.05, 0.1) is 22.8 Å². The van der Waals surface area contributed by atoms with E-state index in [4.69, 9.17) is 9.97 Å². The summed E-state index contributed by atoms with van der Waals surface area (Å²) in [7, 11) is 0. The van der Waals surface area contributed by atoms with Gasteiger partial charge < -0.3 is 9.97 Å². The van der Waals surface area contributed by atoms with Crippen LogP contribution in [0.25, 0.3) is 35.3 Å². The molecule has 25 heavy (non-hydrogen) atoms. The second-order valence-corrected chi connectivity index (χ2v) is 6.75. The Morgan fingerprint density at radius 2 is 1.32 bits per heavy atom. The van der Waals surface area contributed by atoms with Crippen molar-refractivity contribution in [2.45, 2.75) is 19.3 Å². The number of hydrogen-bond acceptors (Lipinski definition) is 2. The van der Waals surface area contributed by atoms with E-state index < -0.39 is 0 Å². The van der Waals surface area contributed by atoms with E-state index in [1.807, 2.05) is 0 Å². The fourth-order valence-corrected chi connectivity index (χ4v) is 3.44. The summed E-state index contributed by atoms with van der Waals surface area (Å²) in [6, 6.07) is 12.5. The number of aromatic nitrogens is 4. The van der Waals surface area contributed by atoms with E-state index in [-0.39, 0.29) is 0 Å². The quantitative estimate of drug-likeness (QED) is 0.491. The molecule has 3 aliphatic rings. The van der Waals surface area contributed by atoms with Crippen molar-refractivity contribution >= 4 is 35.3 Å². The zero-order valence-corrected chi connectivity index (χ0v) is 14.0. The Morgan fingerprint density at radius 1 is 0.760 bits per heavy atom. The third-order valence-electron chi connectivity index (χ3n) is 4.69. The molecule has 5 rings (SSSR count). The number of rotatable bonds is 0. The molecular weight excluding hydrogens is 308 g/mol. The van der Waals surface area contributed by atoms with Crippen molar-refractivity contribution in [2.24, 2.45) is 0 Å². The third kappa shape index (κ3) is 2.76. The molecule has 5 heterocycles. The monoisotopic (exact) mass is 326 g/mol. The van der Waals surface area contributed by atoms with E-state index in [9.17, 15) is 0 Å². The van der Waals surface area contributed by atoms with Crippen LogP contribution in [0.15, 0.2) is 36.4 Å². The van der Waals surface area contributed by atoms with Crippen LogP contribution in [0.2, 0.25) is 0 Å².